The van der Waals surface area contributed by atoms with Gasteiger partial charge in [-0.3, -0.25) is 0 Å². The molecule has 1 aliphatic carbocycles. The second-order valence-electron chi connectivity index (χ2n) is 4.08. The maximum Gasteiger partial charge on any atom is 0.0379 e. The number of nitrogens with two attached hydrogens (primary N) is 1. The first-order valence-electron chi connectivity index (χ1n) is 5.44. The average molecular weight is 222 g/mol. The largest absolute Gasteiger partial charge is 0.399 e. The number of benzene rings is 1. The smallest absolute Gasteiger partial charge is 0.0379 e. The molecule has 0 saturated heterocycles. The van der Waals surface area contributed by atoms with Crippen LogP contribution in [-0.2, 0) is 0 Å². The first-order valence-corrected chi connectivity index (χ1v) is 6.73. The Bertz CT molecular complexity index is 327. The quantitative estimate of drug-likeness (QED) is 0.772. The zero-order valence-corrected chi connectivity index (χ0v) is 9.89. The third-order valence-electron chi connectivity index (χ3n) is 2.99. The molecule has 0 heterocycles. The monoisotopic (exact) mass is 222 g/mol. The van der Waals surface area contributed by atoms with E-state index in [1.54, 1.807) is 0 Å². The van der Waals surface area contributed by atoms with Crippen LogP contribution in [-0.4, -0.2) is 17.5 Å². The molecule has 0 bridgehead atoms. The third kappa shape index (κ3) is 2.59. The van der Waals surface area contributed by atoms with Gasteiger partial charge < -0.3 is 11.1 Å². The summed E-state index contributed by atoms with van der Waals surface area (Å²) in [6.45, 7) is 0. The summed E-state index contributed by atoms with van der Waals surface area (Å²) in [6, 6.07) is 8.63. The van der Waals surface area contributed by atoms with Gasteiger partial charge in [0, 0.05) is 22.7 Å². The Labute approximate surface area is 95.6 Å². The Morgan fingerprint density at radius 2 is 2.27 bits per heavy atom. The van der Waals surface area contributed by atoms with E-state index in [-0.39, 0.29) is 0 Å². The molecule has 1 aromatic rings. The third-order valence-corrected chi connectivity index (χ3v) is 4.16. The van der Waals surface area contributed by atoms with Crippen LogP contribution in [0.15, 0.2) is 24.3 Å². The topological polar surface area (TPSA) is 38.0 Å². The number of nitrogens with one attached hydrogen (secondary N) is 1. The van der Waals surface area contributed by atoms with Crippen LogP contribution in [0.25, 0.3) is 0 Å². The molecule has 0 amide bonds. The van der Waals surface area contributed by atoms with Crippen LogP contribution in [0, 0.1) is 0 Å². The minimum absolute atomic E-state index is 0.613. The second-order valence-corrected chi connectivity index (χ2v) is 5.16. The van der Waals surface area contributed by atoms with Gasteiger partial charge in [-0.2, -0.15) is 11.8 Å². The number of hydrogen-bond donors (Lipinski definition) is 2. The summed E-state index contributed by atoms with van der Waals surface area (Å²) in [5, 5.41) is 4.34. The van der Waals surface area contributed by atoms with Gasteiger partial charge in [-0.15, -0.1) is 0 Å². The Balaban J connectivity index is 2.02. The molecule has 0 aromatic heterocycles. The highest BCUT2D eigenvalue weighted by atomic mass is 32.2. The lowest BCUT2D eigenvalue weighted by atomic mass is 10.2. The fraction of sp³-hybridized carbons (Fsp3) is 0.500. The SMILES string of the molecule is CSC1CCCC1Nc1cccc(N)c1. The minimum atomic E-state index is 0.613. The Hall–Kier alpha value is -0.830. The van der Waals surface area contributed by atoms with Crippen LogP contribution >= 0.6 is 11.8 Å². The molecule has 2 rings (SSSR count). The average Bonchev–Trinajstić information content (AvgIpc) is 2.65. The van der Waals surface area contributed by atoms with E-state index in [0.717, 1.165) is 16.6 Å². The van der Waals surface area contributed by atoms with Crippen molar-refractivity contribution in [3.05, 3.63) is 24.3 Å². The van der Waals surface area contributed by atoms with Crippen molar-refractivity contribution in [3.8, 4) is 0 Å². The van der Waals surface area contributed by atoms with Gasteiger partial charge in [0.05, 0.1) is 0 Å². The van der Waals surface area contributed by atoms with Crippen molar-refractivity contribution in [3.63, 3.8) is 0 Å². The van der Waals surface area contributed by atoms with Gasteiger partial charge in [0.1, 0.15) is 0 Å². The maximum atomic E-state index is 5.75. The van der Waals surface area contributed by atoms with E-state index in [2.05, 4.69) is 17.6 Å². The van der Waals surface area contributed by atoms with Crippen molar-refractivity contribution >= 4 is 23.1 Å². The van der Waals surface area contributed by atoms with E-state index < -0.39 is 0 Å². The van der Waals surface area contributed by atoms with Crippen molar-refractivity contribution < 1.29 is 0 Å². The standard InChI is InChI=1S/C12H18N2S/c1-15-12-7-3-6-11(12)14-10-5-2-4-9(13)8-10/h2,4-5,8,11-12,14H,3,6-7,13H2,1H3. The van der Waals surface area contributed by atoms with Crippen LogP contribution in [0.4, 0.5) is 11.4 Å². The molecule has 15 heavy (non-hydrogen) atoms. The highest BCUT2D eigenvalue weighted by Crippen LogP contribution is 2.30. The molecule has 82 valence electrons. The highest BCUT2D eigenvalue weighted by Gasteiger charge is 2.25. The summed E-state index contributed by atoms with van der Waals surface area (Å²) >= 11 is 1.97. The second kappa shape index (κ2) is 4.79. The first-order chi connectivity index (χ1) is 7.29. The molecule has 2 nitrogen and oxygen atoms in total. The van der Waals surface area contributed by atoms with Gasteiger partial charge in [-0.1, -0.05) is 12.5 Å². The zero-order chi connectivity index (χ0) is 10.7. The fourth-order valence-electron chi connectivity index (χ4n) is 2.22. The lowest BCUT2D eigenvalue weighted by Crippen LogP contribution is -2.25. The predicted molar refractivity (Wildman–Crippen MR) is 69.4 cm³/mol. The summed E-state index contributed by atoms with van der Waals surface area (Å²) in [4.78, 5) is 0. The van der Waals surface area contributed by atoms with Crippen molar-refractivity contribution in [1.82, 2.24) is 0 Å². The Morgan fingerprint density at radius 1 is 1.40 bits per heavy atom. The van der Waals surface area contributed by atoms with E-state index in [1.165, 1.54) is 19.3 Å². The molecular weight excluding hydrogens is 204 g/mol. The van der Waals surface area contributed by atoms with Crippen LogP contribution in [0.3, 0.4) is 0 Å². The summed E-state index contributed by atoms with van der Waals surface area (Å²) < 4.78 is 0. The Kier molecular flexibility index (Phi) is 3.41. The summed E-state index contributed by atoms with van der Waals surface area (Å²) in [5.41, 5.74) is 7.74. The van der Waals surface area contributed by atoms with Crippen molar-refractivity contribution in [2.45, 2.75) is 30.6 Å². The molecule has 2 atom stereocenters. The molecular formula is C12H18N2S. The fourth-order valence-corrected chi connectivity index (χ4v) is 3.15. The molecule has 3 N–H and O–H groups in total. The summed E-state index contributed by atoms with van der Waals surface area (Å²) in [7, 11) is 0. The lowest BCUT2D eigenvalue weighted by Gasteiger charge is -2.20. The van der Waals surface area contributed by atoms with Crippen LogP contribution in [0.2, 0.25) is 0 Å². The number of thioether (sulfide) groups is 1. The molecule has 1 aliphatic rings. The first kappa shape index (κ1) is 10.7. The molecule has 0 aliphatic heterocycles. The molecule has 3 heteroatoms. The minimum Gasteiger partial charge on any atom is -0.399 e. The molecule has 1 saturated carbocycles. The van der Waals surface area contributed by atoms with Gasteiger partial charge in [0.2, 0.25) is 0 Å². The highest BCUT2D eigenvalue weighted by molar-refractivity contribution is 7.99. The van der Waals surface area contributed by atoms with Gasteiger partial charge in [-0.05, 0) is 37.3 Å². The number of rotatable bonds is 3. The summed E-state index contributed by atoms with van der Waals surface area (Å²) in [6.07, 6.45) is 6.15. The molecule has 1 aromatic carbocycles. The van der Waals surface area contributed by atoms with E-state index in [0.29, 0.717) is 6.04 Å². The van der Waals surface area contributed by atoms with E-state index in [9.17, 15) is 0 Å². The Morgan fingerprint density at radius 3 is 3.00 bits per heavy atom. The van der Waals surface area contributed by atoms with Crippen molar-refractivity contribution in [1.29, 1.82) is 0 Å². The van der Waals surface area contributed by atoms with Crippen LogP contribution in [0.1, 0.15) is 19.3 Å². The molecule has 0 radical (unpaired) electrons. The molecule has 2 unspecified atom stereocenters. The van der Waals surface area contributed by atoms with Crippen LogP contribution < -0.4 is 11.1 Å². The number of anilines is 2. The van der Waals surface area contributed by atoms with E-state index in [1.807, 2.05) is 30.0 Å². The predicted octanol–water partition coefficient (Wildman–Crippen LogP) is 2.96. The normalized spacial score (nSPS) is 25.4. The zero-order valence-electron chi connectivity index (χ0n) is 9.07. The number of hydrogen-bond acceptors (Lipinski definition) is 3. The summed E-state index contributed by atoms with van der Waals surface area (Å²) in [5.74, 6) is 0. The molecule has 0 spiro atoms. The van der Waals surface area contributed by atoms with Crippen molar-refractivity contribution in [2.75, 3.05) is 17.3 Å². The molecule has 1 fully saturated rings. The van der Waals surface area contributed by atoms with Crippen LogP contribution in [0.5, 0.6) is 0 Å². The van der Waals surface area contributed by atoms with Gasteiger partial charge in [-0.25, -0.2) is 0 Å². The van der Waals surface area contributed by atoms with Gasteiger partial charge in [0.25, 0.3) is 0 Å². The maximum absolute atomic E-state index is 5.75. The lowest BCUT2D eigenvalue weighted by molar-refractivity contribution is 0.769. The van der Waals surface area contributed by atoms with Crippen molar-refractivity contribution in [2.24, 2.45) is 0 Å². The van der Waals surface area contributed by atoms with E-state index in [4.69, 9.17) is 5.73 Å². The van der Waals surface area contributed by atoms with Gasteiger partial charge >= 0.3 is 0 Å². The van der Waals surface area contributed by atoms with E-state index >= 15 is 0 Å². The number of nitrogen functional groups attached to an aromatic ring is 1. The van der Waals surface area contributed by atoms with Gasteiger partial charge in [0.15, 0.2) is 0 Å².